The number of nitrogens with zero attached hydrogens (tertiary/aromatic N) is 2. The van der Waals surface area contributed by atoms with Crippen molar-refractivity contribution in [3.8, 4) is 0 Å². The zero-order chi connectivity index (χ0) is 13.8. The molecule has 106 valence electrons. The lowest BCUT2D eigenvalue weighted by molar-refractivity contribution is 0.293. The Bertz CT molecular complexity index is 497. The predicted molar refractivity (Wildman–Crippen MR) is 67.4 cm³/mol. The van der Waals surface area contributed by atoms with Crippen LogP contribution in [0.2, 0.25) is 0 Å². The second kappa shape index (κ2) is 5.89. The minimum absolute atomic E-state index is 0.284. The normalized spacial score (nSPS) is 16.6. The van der Waals surface area contributed by atoms with Crippen LogP contribution < -0.4 is 0 Å². The summed E-state index contributed by atoms with van der Waals surface area (Å²) in [5.41, 5.74) is 0. The largest absolute Gasteiger partial charge is 0.362 e. The minimum atomic E-state index is -3.98. The smallest absolute Gasteiger partial charge is 0.281 e. The first-order valence-electron chi connectivity index (χ1n) is 5.44. The molecule has 0 saturated heterocycles. The monoisotopic (exact) mass is 298 g/mol. The molecule has 9 heteroatoms. The van der Waals surface area contributed by atoms with Crippen LogP contribution in [0.3, 0.4) is 0 Å². The molecule has 1 aliphatic rings. The number of rotatable bonds is 7. The van der Waals surface area contributed by atoms with E-state index in [1.165, 1.54) is 0 Å². The van der Waals surface area contributed by atoms with Crippen molar-refractivity contribution in [3.63, 3.8) is 0 Å². The summed E-state index contributed by atoms with van der Waals surface area (Å²) in [6.45, 7) is 1.52. The van der Waals surface area contributed by atoms with Crippen LogP contribution in [0.1, 0.15) is 12.8 Å². The van der Waals surface area contributed by atoms with Crippen molar-refractivity contribution >= 4 is 20.2 Å². The van der Waals surface area contributed by atoms with E-state index in [9.17, 15) is 16.8 Å². The standard InChI is InChI=1S/C9H18N2O5S2/c1-10-6-7-11(9-10)5-3-4-8-18(14,15)16-17(2,12)13/h6-7H,3-5,8-9H2,1-2H3. The Hall–Kier alpha value is -0.800. The van der Waals surface area contributed by atoms with E-state index in [4.69, 9.17) is 0 Å². The summed E-state index contributed by atoms with van der Waals surface area (Å²) >= 11 is 0. The second-order valence-corrected chi connectivity index (χ2v) is 7.73. The molecule has 0 saturated carbocycles. The van der Waals surface area contributed by atoms with Crippen LogP contribution in [0.4, 0.5) is 0 Å². The van der Waals surface area contributed by atoms with E-state index in [-0.39, 0.29) is 5.75 Å². The topological polar surface area (TPSA) is 84.0 Å². The maximum absolute atomic E-state index is 11.3. The van der Waals surface area contributed by atoms with Crippen LogP contribution in [0.25, 0.3) is 0 Å². The Balaban J connectivity index is 2.24. The predicted octanol–water partition coefficient (Wildman–Crippen LogP) is -0.251. The van der Waals surface area contributed by atoms with Gasteiger partial charge in [0.25, 0.3) is 20.2 Å². The van der Waals surface area contributed by atoms with Crippen LogP contribution in [0, 0.1) is 0 Å². The Morgan fingerprint density at radius 3 is 2.33 bits per heavy atom. The number of hydrogen-bond donors (Lipinski definition) is 0. The summed E-state index contributed by atoms with van der Waals surface area (Å²) in [6.07, 6.45) is 5.61. The van der Waals surface area contributed by atoms with Gasteiger partial charge in [0.1, 0.15) is 0 Å². The third kappa shape index (κ3) is 6.22. The molecule has 0 fully saturated rings. The van der Waals surface area contributed by atoms with Gasteiger partial charge >= 0.3 is 0 Å². The molecule has 0 aromatic carbocycles. The molecule has 1 rings (SSSR count). The van der Waals surface area contributed by atoms with Crippen LogP contribution in [0.15, 0.2) is 12.4 Å². The Morgan fingerprint density at radius 1 is 1.17 bits per heavy atom. The fourth-order valence-electron chi connectivity index (χ4n) is 1.55. The quantitative estimate of drug-likeness (QED) is 0.599. The summed E-state index contributed by atoms with van der Waals surface area (Å²) in [5, 5.41) is 0. The van der Waals surface area contributed by atoms with E-state index in [2.05, 4.69) is 3.63 Å². The Labute approximate surface area is 108 Å². The molecule has 18 heavy (non-hydrogen) atoms. The van der Waals surface area contributed by atoms with Gasteiger partial charge in [-0.3, -0.25) is 0 Å². The molecular formula is C9H18N2O5S2. The van der Waals surface area contributed by atoms with Crippen LogP contribution in [0.5, 0.6) is 0 Å². The first-order valence-corrected chi connectivity index (χ1v) is 8.84. The summed E-state index contributed by atoms with van der Waals surface area (Å²) in [6, 6.07) is 0. The van der Waals surface area contributed by atoms with Gasteiger partial charge in [-0.15, -0.1) is 3.63 Å². The highest BCUT2D eigenvalue weighted by molar-refractivity contribution is 7.99. The Kier molecular flexibility index (Phi) is 5.00. The summed E-state index contributed by atoms with van der Waals surface area (Å²) < 4.78 is 47.9. The van der Waals surface area contributed by atoms with E-state index in [1.54, 1.807) is 0 Å². The molecule has 0 aliphatic carbocycles. The molecule has 7 nitrogen and oxygen atoms in total. The van der Waals surface area contributed by atoms with E-state index in [0.717, 1.165) is 19.5 Å². The third-order valence-electron chi connectivity index (χ3n) is 2.25. The molecule has 1 aliphatic heterocycles. The van der Waals surface area contributed by atoms with Crippen LogP contribution in [-0.4, -0.2) is 58.9 Å². The third-order valence-corrected chi connectivity index (χ3v) is 4.86. The van der Waals surface area contributed by atoms with Crippen LogP contribution >= 0.6 is 0 Å². The zero-order valence-electron chi connectivity index (χ0n) is 10.4. The minimum Gasteiger partial charge on any atom is -0.362 e. The molecule has 0 aromatic heterocycles. The van der Waals surface area contributed by atoms with Gasteiger partial charge in [-0.05, 0) is 12.8 Å². The summed E-state index contributed by atoms with van der Waals surface area (Å²) in [5.74, 6) is -0.284. The van der Waals surface area contributed by atoms with Gasteiger partial charge in [0.05, 0.1) is 18.7 Å². The van der Waals surface area contributed by atoms with Gasteiger partial charge in [0.15, 0.2) is 0 Å². The fraction of sp³-hybridized carbons (Fsp3) is 0.778. The van der Waals surface area contributed by atoms with E-state index in [1.807, 2.05) is 29.2 Å². The molecule has 0 aromatic rings. The highest BCUT2D eigenvalue weighted by Crippen LogP contribution is 2.07. The molecule has 0 bridgehead atoms. The van der Waals surface area contributed by atoms with Crippen molar-refractivity contribution in [3.05, 3.63) is 12.4 Å². The number of hydrogen-bond acceptors (Lipinski definition) is 7. The molecule has 0 unspecified atom stereocenters. The Morgan fingerprint density at radius 2 is 1.83 bits per heavy atom. The van der Waals surface area contributed by atoms with Gasteiger partial charge in [0.2, 0.25) is 0 Å². The lowest BCUT2D eigenvalue weighted by Crippen LogP contribution is -2.24. The average molecular weight is 298 g/mol. The van der Waals surface area contributed by atoms with E-state index < -0.39 is 20.2 Å². The first kappa shape index (κ1) is 15.3. The van der Waals surface area contributed by atoms with Gasteiger partial charge < -0.3 is 9.80 Å². The van der Waals surface area contributed by atoms with Crippen molar-refractivity contribution in [1.29, 1.82) is 0 Å². The molecule has 0 radical (unpaired) electrons. The van der Waals surface area contributed by atoms with Gasteiger partial charge in [0, 0.05) is 26.0 Å². The molecule has 0 amide bonds. The average Bonchev–Trinajstić information content (AvgIpc) is 2.55. The van der Waals surface area contributed by atoms with Crippen molar-refractivity contribution in [1.82, 2.24) is 9.80 Å². The molecule has 0 N–H and O–H groups in total. The van der Waals surface area contributed by atoms with Crippen molar-refractivity contribution in [2.75, 3.05) is 32.3 Å². The highest BCUT2D eigenvalue weighted by atomic mass is 32.3. The van der Waals surface area contributed by atoms with Gasteiger partial charge in [-0.1, -0.05) is 0 Å². The molecule has 0 atom stereocenters. The highest BCUT2D eigenvalue weighted by Gasteiger charge is 2.18. The van der Waals surface area contributed by atoms with Crippen molar-refractivity contribution in [2.45, 2.75) is 12.8 Å². The summed E-state index contributed by atoms with van der Waals surface area (Å²) in [7, 11) is -5.99. The lowest BCUT2D eigenvalue weighted by Gasteiger charge is -2.17. The van der Waals surface area contributed by atoms with E-state index >= 15 is 0 Å². The van der Waals surface area contributed by atoms with Crippen molar-refractivity contribution < 1.29 is 20.5 Å². The summed E-state index contributed by atoms with van der Waals surface area (Å²) in [4.78, 5) is 4.05. The molecular weight excluding hydrogens is 280 g/mol. The molecule has 0 spiro atoms. The maximum Gasteiger partial charge on any atom is 0.281 e. The fourth-order valence-corrected chi connectivity index (χ4v) is 3.89. The number of unbranched alkanes of at least 4 members (excludes halogenated alkanes) is 1. The van der Waals surface area contributed by atoms with Gasteiger partial charge in [-0.2, -0.15) is 16.8 Å². The van der Waals surface area contributed by atoms with E-state index in [0.29, 0.717) is 12.8 Å². The lowest BCUT2D eigenvalue weighted by atomic mass is 10.3. The SMILES string of the molecule is CN1C=CN(CCCCS(=O)(=O)OS(C)(=O)=O)C1. The first-order chi connectivity index (χ1) is 8.18. The van der Waals surface area contributed by atoms with Crippen molar-refractivity contribution in [2.24, 2.45) is 0 Å². The molecule has 1 heterocycles. The van der Waals surface area contributed by atoms with Crippen LogP contribution in [-0.2, 0) is 23.9 Å². The maximum atomic E-state index is 11.3. The van der Waals surface area contributed by atoms with Gasteiger partial charge in [-0.25, -0.2) is 0 Å². The zero-order valence-corrected chi connectivity index (χ0v) is 12.1. The second-order valence-electron chi connectivity index (χ2n) is 4.25.